The third-order valence-electron chi connectivity index (χ3n) is 3.82. The molecule has 20 heavy (non-hydrogen) atoms. The standard InChI is InChI=1S/C14H22N2O3S/c1-11-5-7-16(8-6-11)20(17,18)14-4-3-12(10-15)9-13(14)19-2/h3-4,9,11H,5-8,10,15H2,1-2H3. The van der Waals surface area contributed by atoms with E-state index >= 15 is 0 Å². The molecule has 0 spiro atoms. The zero-order valence-corrected chi connectivity index (χ0v) is 12.8. The van der Waals surface area contributed by atoms with Gasteiger partial charge in [-0.25, -0.2) is 8.42 Å². The fourth-order valence-corrected chi connectivity index (χ4v) is 4.02. The summed E-state index contributed by atoms with van der Waals surface area (Å²) < 4.78 is 32.1. The number of piperidine rings is 1. The Labute approximate surface area is 120 Å². The second-order valence-corrected chi connectivity index (χ2v) is 7.18. The van der Waals surface area contributed by atoms with Crippen LogP contribution < -0.4 is 10.5 Å². The van der Waals surface area contributed by atoms with Crippen LogP contribution in [0.1, 0.15) is 25.3 Å². The predicted molar refractivity (Wildman–Crippen MR) is 78.0 cm³/mol. The van der Waals surface area contributed by atoms with Crippen molar-refractivity contribution < 1.29 is 13.2 Å². The van der Waals surface area contributed by atoms with E-state index in [4.69, 9.17) is 10.5 Å². The van der Waals surface area contributed by atoms with Gasteiger partial charge in [0.1, 0.15) is 10.6 Å². The Hall–Kier alpha value is -1.11. The molecule has 0 saturated carbocycles. The lowest BCUT2D eigenvalue weighted by Gasteiger charge is -2.29. The molecule has 0 amide bonds. The van der Waals surface area contributed by atoms with E-state index in [2.05, 4.69) is 6.92 Å². The van der Waals surface area contributed by atoms with Crippen LogP contribution in [0.25, 0.3) is 0 Å². The van der Waals surface area contributed by atoms with Gasteiger partial charge in [0.25, 0.3) is 0 Å². The van der Waals surface area contributed by atoms with Crippen molar-refractivity contribution in [3.63, 3.8) is 0 Å². The van der Waals surface area contributed by atoms with Crippen molar-refractivity contribution in [3.05, 3.63) is 23.8 Å². The summed E-state index contributed by atoms with van der Waals surface area (Å²) in [5.74, 6) is 0.953. The monoisotopic (exact) mass is 298 g/mol. The highest BCUT2D eigenvalue weighted by Gasteiger charge is 2.30. The first-order chi connectivity index (χ1) is 9.48. The van der Waals surface area contributed by atoms with Crippen LogP contribution in [0.4, 0.5) is 0 Å². The average Bonchev–Trinajstić information content (AvgIpc) is 2.46. The molecule has 1 aliphatic heterocycles. The van der Waals surface area contributed by atoms with Crippen LogP contribution in [0.5, 0.6) is 5.75 Å². The summed E-state index contributed by atoms with van der Waals surface area (Å²) in [5.41, 5.74) is 6.43. The molecule has 1 saturated heterocycles. The largest absolute Gasteiger partial charge is 0.495 e. The third-order valence-corrected chi connectivity index (χ3v) is 5.76. The van der Waals surface area contributed by atoms with Gasteiger partial charge in [-0.3, -0.25) is 0 Å². The van der Waals surface area contributed by atoms with Gasteiger partial charge in [0.2, 0.25) is 10.0 Å². The summed E-state index contributed by atoms with van der Waals surface area (Å²) in [4.78, 5) is 0.228. The van der Waals surface area contributed by atoms with Crippen molar-refractivity contribution in [2.45, 2.75) is 31.2 Å². The van der Waals surface area contributed by atoms with Crippen molar-refractivity contribution >= 4 is 10.0 Å². The Kier molecular flexibility index (Phi) is 4.67. The number of hydrogen-bond donors (Lipinski definition) is 1. The Bertz CT molecular complexity index is 564. The normalized spacial score (nSPS) is 18.1. The van der Waals surface area contributed by atoms with Crippen molar-refractivity contribution in [3.8, 4) is 5.75 Å². The molecule has 1 aromatic carbocycles. The van der Waals surface area contributed by atoms with Gasteiger partial charge in [-0.1, -0.05) is 13.0 Å². The van der Waals surface area contributed by atoms with Crippen molar-refractivity contribution in [2.75, 3.05) is 20.2 Å². The van der Waals surface area contributed by atoms with E-state index in [1.54, 1.807) is 22.5 Å². The lowest BCUT2D eigenvalue weighted by Crippen LogP contribution is -2.38. The van der Waals surface area contributed by atoms with Crippen molar-refractivity contribution in [1.82, 2.24) is 4.31 Å². The molecule has 2 N–H and O–H groups in total. The Morgan fingerprint density at radius 3 is 2.55 bits per heavy atom. The summed E-state index contributed by atoms with van der Waals surface area (Å²) in [7, 11) is -2.01. The van der Waals surface area contributed by atoms with Gasteiger partial charge >= 0.3 is 0 Å². The maximum atomic E-state index is 12.7. The summed E-state index contributed by atoms with van der Waals surface area (Å²) >= 11 is 0. The van der Waals surface area contributed by atoms with Gasteiger partial charge in [0.05, 0.1) is 7.11 Å². The fraction of sp³-hybridized carbons (Fsp3) is 0.571. The minimum absolute atomic E-state index is 0.228. The first-order valence-electron chi connectivity index (χ1n) is 6.86. The number of sulfonamides is 1. The molecule has 0 aliphatic carbocycles. The number of nitrogens with zero attached hydrogens (tertiary/aromatic N) is 1. The smallest absolute Gasteiger partial charge is 0.246 e. The summed E-state index contributed by atoms with van der Waals surface area (Å²) in [6.45, 7) is 3.66. The third kappa shape index (κ3) is 2.97. The van der Waals surface area contributed by atoms with E-state index < -0.39 is 10.0 Å². The highest BCUT2D eigenvalue weighted by atomic mass is 32.2. The molecule has 0 bridgehead atoms. The molecule has 112 valence electrons. The van der Waals surface area contributed by atoms with Gasteiger partial charge in [0.15, 0.2) is 0 Å². The minimum atomic E-state index is -3.49. The second kappa shape index (κ2) is 6.11. The molecule has 0 aromatic heterocycles. The zero-order chi connectivity index (χ0) is 14.8. The second-order valence-electron chi connectivity index (χ2n) is 5.28. The maximum absolute atomic E-state index is 12.7. The summed E-state index contributed by atoms with van der Waals surface area (Å²) in [6.07, 6.45) is 1.81. The number of nitrogens with two attached hydrogens (primary N) is 1. The van der Waals surface area contributed by atoms with Gasteiger partial charge in [0, 0.05) is 19.6 Å². The molecule has 0 unspecified atom stereocenters. The average molecular weight is 298 g/mol. The van der Waals surface area contributed by atoms with E-state index in [0.717, 1.165) is 18.4 Å². The number of ether oxygens (including phenoxy) is 1. The SMILES string of the molecule is COc1cc(CN)ccc1S(=O)(=O)N1CCC(C)CC1. The lowest BCUT2D eigenvalue weighted by molar-refractivity contribution is 0.287. The fourth-order valence-electron chi connectivity index (χ4n) is 2.42. The first kappa shape index (κ1) is 15.3. The topological polar surface area (TPSA) is 72.6 Å². The van der Waals surface area contributed by atoms with E-state index in [0.29, 0.717) is 31.3 Å². The molecule has 5 nitrogen and oxygen atoms in total. The minimum Gasteiger partial charge on any atom is -0.495 e. The molecular weight excluding hydrogens is 276 g/mol. The summed E-state index contributed by atoms with van der Waals surface area (Å²) in [5, 5.41) is 0. The van der Waals surface area contributed by atoms with Gasteiger partial charge in [-0.15, -0.1) is 0 Å². The Morgan fingerprint density at radius 2 is 2.00 bits per heavy atom. The van der Waals surface area contributed by atoms with Gasteiger partial charge in [-0.2, -0.15) is 4.31 Å². The number of benzene rings is 1. The molecule has 1 heterocycles. The molecular formula is C14H22N2O3S. The van der Waals surface area contributed by atoms with Crippen LogP contribution in [-0.2, 0) is 16.6 Å². The van der Waals surface area contributed by atoms with E-state index in [1.807, 2.05) is 0 Å². The molecule has 6 heteroatoms. The Balaban J connectivity index is 2.34. The lowest BCUT2D eigenvalue weighted by atomic mass is 10.0. The highest BCUT2D eigenvalue weighted by molar-refractivity contribution is 7.89. The van der Waals surface area contributed by atoms with Gasteiger partial charge < -0.3 is 10.5 Å². The van der Waals surface area contributed by atoms with E-state index in [1.165, 1.54) is 7.11 Å². The van der Waals surface area contributed by atoms with Crippen LogP contribution in [0.2, 0.25) is 0 Å². The van der Waals surface area contributed by atoms with Crippen LogP contribution in [0.15, 0.2) is 23.1 Å². The maximum Gasteiger partial charge on any atom is 0.246 e. The highest BCUT2D eigenvalue weighted by Crippen LogP contribution is 2.30. The van der Waals surface area contributed by atoms with Crippen LogP contribution >= 0.6 is 0 Å². The number of rotatable bonds is 4. The van der Waals surface area contributed by atoms with E-state index in [-0.39, 0.29) is 4.90 Å². The van der Waals surface area contributed by atoms with Crippen molar-refractivity contribution in [2.24, 2.45) is 11.7 Å². The molecule has 1 aromatic rings. The van der Waals surface area contributed by atoms with Crippen LogP contribution in [0, 0.1) is 5.92 Å². The molecule has 1 fully saturated rings. The first-order valence-corrected chi connectivity index (χ1v) is 8.30. The number of methoxy groups -OCH3 is 1. The van der Waals surface area contributed by atoms with Gasteiger partial charge in [-0.05, 0) is 36.5 Å². The molecule has 0 radical (unpaired) electrons. The van der Waals surface area contributed by atoms with Crippen LogP contribution in [-0.4, -0.2) is 32.9 Å². The summed E-state index contributed by atoms with van der Waals surface area (Å²) in [6, 6.07) is 5.02. The Morgan fingerprint density at radius 1 is 1.35 bits per heavy atom. The molecule has 1 aliphatic rings. The molecule has 2 rings (SSSR count). The molecule has 0 atom stereocenters. The number of hydrogen-bond acceptors (Lipinski definition) is 4. The zero-order valence-electron chi connectivity index (χ0n) is 12.0. The van der Waals surface area contributed by atoms with Crippen LogP contribution in [0.3, 0.4) is 0 Å². The quantitative estimate of drug-likeness (QED) is 0.916. The van der Waals surface area contributed by atoms with E-state index in [9.17, 15) is 8.42 Å². The predicted octanol–water partition coefficient (Wildman–Crippen LogP) is 1.57. The van der Waals surface area contributed by atoms with Crippen molar-refractivity contribution in [1.29, 1.82) is 0 Å².